The van der Waals surface area contributed by atoms with E-state index in [0.29, 0.717) is 49.5 Å². The molecule has 2 rings (SSSR count). The minimum atomic E-state index is 0.0289. The molecule has 0 spiro atoms. The average Bonchev–Trinajstić information content (AvgIpc) is 3.32. The molecule has 4 N–H and O–H groups in total. The first kappa shape index (κ1) is 27.8. The van der Waals surface area contributed by atoms with Gasteiger partial charge in [-0.3, -0.25) is 0 Å². The number of methoxy groups -OCH3 is 1. The van der Waals surface area contributed by atoms with E-state index < -0.39 is 0 Å². The molecular weight excluding hydrogens is 438 g/mol. The zero-order valence-corrected chi connectivity index (χ0v) is 19.4. The molecule has 0 radical (unpaired) electrons. The molecule has 1 aromatic heterocycles. The Morgan fingerprint density at radius 2 is 1.72 bits per heavy atom. The van der Waals surface area contributed by atoms with Crippen molar-refractivity contribution in [3.63, 3.8) is 0 Å². The molecule has 0 aliphatic heterocycles. The molecule has 32 heavy (non-hydrogen) atoms. The molecule has 0 aliphatic carbocycles. The van der Waals surface area contributed by atoms with E-state index in [1.807, 2.05) is 19.1 Å². The first-order valence-corrected chi connectivity index (χ1v) is 11.1. The Balaban J connectivity index is 0.000000482. The van der Waals surface area contributed by atoms with Crippen LogP contribution < -0.4 is 10.1 Å². The Morgan fingerprint density at radius 3 is 2.34 bits per heavy atom. The van der Waals surface area contributed by atoms with Crippen molar-refractivity contribution in [3.05, 3.63) is 23.2 Å². The molecule has 0 amide bonds. The Bertz CT molecular complexity index is 742. The molecule has 0 aliphatic rings. The molecule has 180 valence electrons. The maximum absolute atomic E-state index is 8.66. The molecule has 1 aromatic carbocycles. The number of nitrogens with zero attached hydrogens (tertiary/aromatic N) is 4. The van der Waals surface area contributed by atoms with Gasteiger partial charge < -0.3 is 34.8 Å². The van der Waals surface area contributed by atoms with Crippen molar-refractivity contribution in [2.75, 3.05) is 65.2 Å². The largest absolute Gasteiger partial charge is 0.494 e. The zero-order valence-electron chi connectivity index (χ0n) is 18.6. The van der Waals surface area contributed by atoms with Gasteiger partial charge >= 0.3 is 0 Å². The number of rotatable bonds is 15. The molecule has 2 aromatic rings. The van der Waals surface area contributed by atoms with Crippen LogP contribution >= 0.6 is 11.3 Å². The zero-order chi connectivity index (χ0) is 23.4. The third-order valence-electron chi connectivity index (χ3n) is 3.85. The van der Waals surface area contributed by atoms with Crippen molar-refractivity contribution < 1.29 is 29.5 Å². The Kier molecular flexibility index (Phi) is 16.0. The molecule has 12 heteroatoms. The van der Waals surface area contributed by atoms with Gasteiger partial charge in [-0.1, -0.05) is 11.3 Å². The molecular formula is C20H33N5O6S. The standard InChI is InChI=1S/C14H19N5O3S.C6H14O3/c1-10-7-12(17-19-14-18-16-9-23-14)13(21-2)8-11(10)15-3-5-22-6-4-20;7-3-1-2-5-9-6-4-8/h7-9,15,20H,3-6H2,1-2H3;7-8H,1-6H2. The van der Waals surface area contributed by atoms with Crippen LogP contribution in [0.5, 0.6) is 5.75 Å². The normalized spacial score (nSPS) is 10.8. The van der Waals surface area contributed by atoms with Crippen LogP contribution in [0.15, 0.2) is 27.9 Å². The predicted molar refractivity (Wildman–Crippen MR) is 122 cm³/mol. The topological polar surface area (TPSA) is 151 Å². The quantitative estimate of drug-likeness (QED) is 0.227. The molecule has 0 atom stereocenters. The minimum absolute atomic E-state index is 0.0289. The van der Waals surface area contributed by atoms with Crippen molar-refractivity contribution in [3.8, 4) is 5.75 Å². The summed E-state index contributed by atoms with van der Waals surface area (Å²) in [6.07, 6.45) is 1.65. The second-order valence-corrected chi connectivity index (χ2v) is 7.10. The second kappa shape index (κ2) is 18.4. The van der Waals surface area contributed by atoms with Crippen LogP contribution in [0.2, 0.25) is 0 Å². The smallest absolute Gasteiger partial charge is 0.251 e. The number of nitrogens with one attached hydrogen (secondary N) is 1. The first-order chi connectivity index (χ1) is 15.7. The van der Waals surface area contributed by atoms with Crippen LogP contribution in [0, 0.1) is 6.92 Å². The summed E-state index contributed by atoms with van der Waals surface area (Å²) in [6, 6.07) is 3.76. The maximum Gasteiger partial charge on any atom is 0.251 e. The monoisotopic (exact) mass is 471 g/mol. The van der Waals surface area contributed by atoms with Crippen molar-refractivity contribution >= 4 is 27.8 Å². The first-order valence-electron chi connectivity index (χ1n) is 10.2. The van der Waals surface area contributed by atoms with E-state index in [4.69, 9.17) is 29.5 Å². The highest BCUT2D eigenvalue weighted by Gasteiger charge is 2.08. The Morgan fingerprint density at radius 1 is 0.969 bits per heavy atom. The lowest BCUT2D eigenvalue weighted by Gasteiger charge is -2.13. The fourth-order valence-corrected chi connectivity index (χ4v) is 2.69. The van der Waals surface area contributed by atoms with Crippen LogP contribution in [0.25, 0.3) is 0 Å². The van der Waals surface area contributed by atoms with Crippen LogP contribution in [-0.2, 0) is 9.47 Å². The highest BCUT2D eigenvalue weighted by atomic mass is 32.1. The number of unbranched alkanes of at least 4 members (excludes halogenated alkanes) is 1. The lowest BCUT2D eigenvalue weighted by atomic mass is 10.1. The van der Waals surface area contributed by atoms with Gasteiger partial charge in [0.15, 0.2) is 0 Å². The van der Waals surface area contributed by atoms with Gasteiger partial charge in [-0.2, -0.15) is 0 Å². The summed E-state index contributed by atoms with van der Waals surface area (Å²) >= 11 is 1.31. The van der Waals surface area contributed by atoms with Crippen LogP contribution in [-0.4, -0.2) is 85.4 Å². The number of azo groups is 1. The molecule has 0 saturated carbocycles. The minimum Gasteiger partial charge on any atom is -0.494 e. The molecule has 0 saturated heterocycles. The fourth-order valence-electron chi connectivity index (χ4n) is 2.32. The van der Waals surface area contributed by atoms with Gasteiger partial charge in [-0.05, 0) is 31.4 Å². The number of aliphatic hydroxyl groups is 3. The van der Waals surface area contributed by atoms with E-state index in [1.165, 1.54) is 11.3 Å². The maximum atomic E-state index is 8.66. The molecule has 0 bridgehead atoms. The molecule has 0 fully saturated rings. The van der Waals surface area contributed by atoms with Gasteiger partial charge in [0.1, 0.15) is 16.9 Å². The SMILES string of the molecule is COc1cc(NCCOCCO)c(C)cc1N=Nc1nncs1.OCCCCOCCO. The third kappa shape index (κ3) is 12.0. The third-order valence-corrected chi connectivity index (χ3v) is 4.42. The van der Waals surface area contributed by atoms with Crippen molar-refractivity contribution in [1.82, 2.24) is 10.2 Å². The Labute approximate surface area is 192 Å². The summed E-state index contributed by atoms with van der Waals surface area (Å²) in [7, 11) is 1.59. The number of aromatic nitrogens is 2. The number of aliphatic hydroxyl groups excluding tert-OH is 3. The van der Waals surface area contributed by atoms with Gasteiger partial charge in [0.25, 0.3) is 5.13 Å². The summed E-state index contributed by atoms with van der Waals surface area (Å²) in [6.45, 7) is 4.85. The summed E-state index contributed by atoms with van der Waals surface area (Å²) in [5, 5.41) is 44.7. The number of benzene rings is 1. The second-order valence-electron chi connectivity index (χ2n) is 6.29. The number of hydrogen-bond donors (Lipinski definition) is 4. The van der Waals surface area contributed by atoms with E-state index in [1.54, 1.807) is 12.6 Å². The number of ether oxygens (including phenoxy) is 3. The highest BCUT2D eigenvalue weighted by molar-refractivity contribution is 7.13. The number of hydrogen-bond acceptors (Lipinski definition) is 12. The summed E-state index contributed by atoms with van der Waals surface area (Å²) < 4.78 is 15.5. The fraction of sp³-hybridized carbons (Fsp3) is 0.600. The molecule has 1 heterocycles. The van der Waals surface area contributed by atoms with E-state index >= 15 is 0 Å². The lowest BCUT2D eigenvalue weighted by molar-refractivity contribution is 0.0871. The summed E-state index contributed by atoms with van der Waals surface area (Å²) in [4.78, 5) is 0. The van der Waals surface area contributed by atoms with Crippen molar-refractivity contribution in [2.45, 2.75) is 19.8 Å². The average molecular weight is 472 g/mol. The van der Waals surface area contributed by atoms with E-state index in [-0.39, 0.29) is 19.8 Å². The Hall–Kier alpha value is -2.22. The van der Waals surface area contributed by atoms with Gasteiger partial charge in [-0.25, -0.2) is 0 Å². The van der Waals surface area contributed by atoms with Crippen LogP contribution in [0.4, 0.5) is 16.5 Å². The van der Waals surface area contributed by atoms with Gasteiger partial charge in [-0.15, -0.1) is 20.4 Å². The van der Waals surface area contributed by atoms with E-state index in [9.17, 15) is 0 Å². The van der Waals surface area contributed by atoms with Crippen LogP contribution in [0.1, 0.15) is 18.4 Å². The summed E-state index contributed by atoms with van der Waals surface area (Å²) in [5.41, 5.74) is 4.17. The molecule has 0 unspecified atom stereocenters. The number of aryl methyl sites for hydroxylation is 1. The van der Waals surface area contributed by atoms with Crippen molar-refractivity contribution in [2.24, 2.45) is 10.2 Å². The number of anilines is 1. The van der Waals surface area contributed by atoms with Gasteiger partial charge in [0.2, 0.25) is 0 Å². The van der Waals surface area contributed by atoms with E-state index in [2.05, 4.69) is 25.7 Å². The predicted octanol–water partition coefficient (Wildman–Crippen LogP) is 2.46. The lowest BCUT2D eigenvalue weighted by Crippen LogP contribution is -2.12. The van der Waals surface area contributed by atoms with Crippen LogP contribution in [0.3, 0.4) is 0 Å². The van der Waals surface area contributed by atoms with E-state index in [0.717, 1.165) is 24.1 Å². The van der Waals surface area contributed by atoms with Gasteiger partial charge in [0, 0.05) is 31.5 Å². The summed E-state index contributed by atoms with van der Waals surface area (Å²) in [5.74, 6) is 0.614. The van der Waals surface area contributed by atoms with Gasteiger partial charge in [0.05, 0.1) is 40.1 Å². The highest BCUT2D eigenvalue weighted by Crippen LogP contribution is 2.34. The molecule has 11 nitrogen and oxygen atoms in total. The van der Waals surface area contributed by atoms with Crippen molar-refractivity contribution in [1.29, 1.82) is 0 Å².